The number of aromatic nitrogens is 3. The molecule has 0 atom stereocenters. The topological polar surface area (TPSA) is 125 Å². The average molecular weight is 496 g/mol. The van der Waals surface area contributed by atoms with Crippen LogP contribution in [0.2, 0.25) is 0 Å². The Labute approximate surface area is 194 Å². The second-order valence-corrected chi connectivity index (χ2v) is 9.90. The number of oxime groups is 1. The first-order valence-corrected chi connectivity index (χ1v) is 12.2. The lowest BCUT2D eigenvalue weighted by Crippen LogP contribution is -2.24. The Bertz CT molecular complexity index is 1220. The van der Waals surface area contributed by atoms with Gasteiger partial charge in [-0.15, -0.1) is 0 Å². The third-order valence-corrected chi connectivity index (χ3v) is 6.82. The average Bonchev–Trinajstić information content (AvgIpc) is 3.38. The molecule has 0 aliphatic carbocycles. The first-order chi connectivity index (χ1) is 15.8. The number of anilines is 1. The highest BCUT2D eigenvalue weighted by molar-refractivity contribution is 7.91. The SMILES string of the molecule is COCCCS(=O)(=O)c1ccc(/C(=N\OCc2ccn(C)n2)C(=O)Nc2ncc(F)s2)cc1. The lowest BCUT2D eigenvalue weighted by Gasteiger charge is -2.08. The zero-order chi connectivity index (χ0) is 23.8. The van der Waals surface area contributed by atoms with Gasteiger partial charge in [-0.25, -0.2) is 13.4 Å². The molecule has 1 aromatic carbocycles. The number of amides is 1. The van der Waals surface area contributed by atoms with Gasteiger partial charge in [0.05, 0.1) is 16.8 Å². The minimum absolute atomic E-state index is 0.00939. The normalized spacial score (nSPS) is 12.0. The number of thiazole rings is 1. The molecule has 0 radical (unpaired) electrons. The van der Waals surface area contributed by atoms with E-state index in [4.69, 9.17) is 9.57 Å². The maximum atomic E-state index is 13.2. The molecule has 3 rings (SSSR count). The number of nitrogens with one attached hydrogen (secondary N) is 1. The van der Waals surface area contributed by atoms with Gasteiger partial charge >= 0.3 is 0 Å². The second-order valence-electron chi connectivity index (χ2n) is 6.81. The first-order valence-electron chi connectivity index (χ1n) is 9.72. The first kappa shape index (κ1) is 24.5. The smallest absolute Gasteiger partial charge is 0.280 e. The molecule has 1 N–H and O–H groups in total. The van der Waals surface area contributed by atoms with E-state index in [1.54, 1.807) is 24.0 Å². The summed E-state index contributed by atoms with van der Waals surface area (Å²) >= 11 is 0.660. The molecule has 0 saturated heterocycles. The van der Waals surface area contributed by atoms with Crippen LogP contribution in [0, 0.1) is 5.13 Å². The Hall–Kier alpha value is -3.16. The zero-order valence-corrected chi connectivity index (χ0v) is 19.5. The van der Waals surface area contributed by atoms with Crippen molar-refractivity contribution in [3.05, 3.63) is 59.1 Å². The standard InChI is InChI=1S/C20H22FN5O5S2/c1-26-9-8-15(24-26)13-31-25-18(19(27)23-20-22-12-17(21)32-20)14-4-6-16(7-5-14)33(28,29)11-3-10-30-2/h4-9,12H,3,10-11,13H2,1-2H3,(H,22,23,27)/b25-18+. The van der Waals surface area contributed by atoms with Crippen molar-refractivity contribution in [2.24, 2.45) is 12.2 Å². The number of rotatable bonds is 11. The van der Waals surface area contributed by atoms with Crippen molar-refractivity contribution in [2.75, 3.05) is 24.8 Å². The monoisotopic (exact) mass is 495 g/mol. The van der Waals surface area contributed by atoms with Crippen LogP contribution >= 0.6 is 11.3 Å². The van der Waals surface area contributed by atoms with Gasteiger partial charge in [-0.3, -0.25) is 14.8 Å². The molecule has 0 saturated carbocycles. The summed E-state index contributed by atoms with van der Waals surface area (Å²) in [5, 5.41) is 10.0. The number of carbonyl (C=O) groups excluding carboxylic acids is 1. The number of nitrogens with zero attached hydrogens (tertiary/aromatic N) is 4. The van der Waals surface area contributed by atoms with Crippen LogP contribution < -0.4 is 5.32 Å². The van der Waals surface area contributed by atoms with Gasteiger partial charge in [-0.05, 0) is 24.6 Å². The van der Waals surface area contributed by atoms with Gasteiger partial charge in [0.15, 0.2) is 32.4 Å². The van der Waals surface area contributed by atoms with Gasteiger partial charge in [-0.1, -0.05) is 28.6 Å². The summed E-state index contributed by atoms with van der Waals surface area (Å²) in [4.78, 5) is 22.0. The highest BCUT2D eigenvalue weighted by Crippen LogP contribution is 2.18. The van der Waals surface area contributed by atoms with E-state index in [9.17, 15) is 17.6 Å². The fourth-order valence-electron chi connectivity index (χ4n) is 2.73. The van der Waals surface area contributed by atoms with Crippen molar-refractivity contribution in [3.8, 4) is 0 Å². The predicted molar refractivity (Wildman–Crippen MR) is 120 cm³/mol. The summed E-state index contributed by atoms with van der Waals surface area (Å²) in [7, 11) is -0.247. The van der Waals surface area contributed by atoms with Crippen LogP contribution in [0.1, 0.15) is 17.7 Å². The summed E-state index contributed by atoms with van der Waals surface area (Å²) in [6, 6.07) is 7.42. The van der Waals surface area contributed by atoms with Crippen LogP contribution in [0.5, 0.6) is 0 Å². The van der Waals surface area contributed by atoms with Crippen molar-refractivity contribution in [2.45, 2.75) is 17.9 Å². The largest absolute Gasteiger partial charge is 0.389 e. The molecule has 13 heteroatoms. The fourth-order valence-corrected chi connectivity index (χ4v) is 4.55. The molecule has 2 aromatic heterocycles. The van der Waals surface area contributed by atoms with E-state index in [1.165, 1.54) is 31.4 Å². The summed E-state index contributed by atoms with van der Waals surface area (Å²) in [6.45, 7) is 0.342. The Morgan fingerprint density at radius 3 is 2.64 bits per heavy atom. The zero-order valence-electron chi connectivity index (χ0n) is 17.9. The molecule has 3 aromatic rings. The Morgan fingerprint density at radius 2 is 2.03 bits per heavy atom. The van der Waals surface area contributed by atoms with E-state index in [0.717, 1.165) is 6.20 Å². The molecule has 0 bridgehead atoms. The number of methoxy groups -OCH3 is 1. The van der Waals surface area contributed by atoms with E-state index in [2.05, 4.69) is 20.6 Å². The highest BCUT2D eigenvalue weighted by atomic mass is 32.2. The van der Waals surface area contributed by atoms with Crippen molar-refractivity contribution in [1.29, 1.82) is 0 Å². The summed E-state index contributed by atoms with van der Waals surface area (Å²) in [5.74, 6) is -0.759. The lowest BCUT2D eigenvalue weighted by atomic mass is 10.1. The van der Waals surface area contributed by atoms with Gasteiger partial charge in [-0.2, -0.15) is 9.49 Å². The van der Waals surface area contributed by atoms with E-state index >= 15 is 0 Å². The Kier molecular flexibility index (Phi) is 8.25. The molecule has 1 amide bonds. The van der Waals surface area contributed by atoms with Crippen molar-refractivity contribution < 1.29 is 27.2 Å². The predicted octanol–water partition coefficient (Wildman–Crippen LogP) is 2.39. The van der Waals surface area contributed by atoms with Crippen molar-refractivity contribution >= 4 is 37.9 Å². The molecule has 10 nitrogen and oxygen atoms in total. The third kappa shape index (κ3) is 6.91. The summed E-state index contributed by atoms with van der Waals surface area (Å²) in [5.41, 5.74) is 0.770. The Balaban J connectivity index is 1.81. The van der Waals surface area contributed by atoms with Gasteiger partial charge in [0.2, 0.25) is 0 Å². The molecular weight excluding hydrogens is 473 g/mol. The second kappa shape index (κ2) is 11.1. The fraction of sp³-hybridized carbons (Fsp3) is 0.300. The molecule has 0 aliphatic rings. The number of benzene rings is 1. The van der Waals surface area contributed by atoms with Crippen LogP contribution in [-0.4, -0.2) is 54.3 Å². The van der Waals surface area contributed by atoms with E-state index < -0.39 is 20.9 Å². The van der Waals surface area contributed by atoms with Gasteiger partial charge in [0, 0.05) is 32.5 Å². The quantitative estimate of drug-likeness (QED) is 0.246. The maximum Gasteiger partial charge on any atom is 0.280 e. The van der Waals surface area contributed by atoms with Gasteiger partial charge in [0.25, 0.3) is 5.91 Å². The number of ether oxygens (including phenoxy) is 1. The highest BCUT2D eigenvalue weighted by Gasteiger charge is 2.20. The molecule has 33 heavy (non-hydrogen) atoms. The summed E-state index contributed by atoms with van der Waals surface area (Å²) < 4.78 is 44.6. The Morgan fingerprint density at radius 1 is 1.27 bits per heavy atom. The van der Waals surface area contributed by atoms with Crippen LogP contribution in [0.15, 0.2) is 52.8 Å². The summed E-state index contributed by atoms with van der Waals surface area (Å²) in [6.07, 6.45) is 3.08. The minimum atomic E-state index is -3.50. The molecule has 2 heterocycles. The number of carbonyl (C=O) groups is 1. The van der Waals surface area contributed by atoms with Crippen LogP contribution in [-0.2, 0) is 37.9 Å². The molecular formula is C20H22FN5O5S2. The number of halogens is 1. The van der Waals surface area contributed by atoms with E-state index in [1.807, 2.05) is 0 Å². The van der Waals surface area contributed by atoms with Crippen LogP contribution in [0.4, 0.5) is 9.52 Å². The van der Waals surface area contributed by atoms with E-state index in [-0.39, 0.29) is 28.1 Å². The molecule has 176 valence electrons. The number of hydrogen-bond donors (Lipinski definition) is 1. The van der Waals surface area contributed by atoms with Gasteiger partial charge < -0.3 is 9.57 Å². The van der Waals surface area contributed by atoms with E-state index in [0.29, 0.717) is 35.6 Å². The molecule has 0 unspecified atom stereocenters. The van der Waals surface area contributed by atoms with Crippen LogP contribution in [0.25, 0.3) is 0 Å². The maximum absolute atomic E-state index is 13.2. The van der Waals surface area contributed by atoms with Crippen LogP contribution in [0.3, 0.4) is 0 Å². The molecule has 0 spiro atoms. The minimum Gasteiger partial charge on any atom is -0.389 e. The number of aryl methyl sites for hydroxylation is 1. The van der Waals surface area contributed by atoms with Crippen molar-refractivity contribution in [3.63, 3.8) is 0 Å². The molecule has 0 fully saturated rings. The molecule has 0 aliphatic heterocycles. The van der Waals surface area contributed by atoms with Gasteiger partial charge in [0.1, 0.15) is 5.69 Å². The third-order valence-electron chi connectivity index (χ3n) is 4.30. The lowest BCUT2D eigenvalue weighted by molar-refractivity contribution is -0.110. The van der Waals surface area contributed by atoms with Crippen molar-refractivity contribution in [1.82, 2.24) is 14.8 Å². The number of sulfone groups is 1. The number of hydrogen-bond acceptors (Lipinski definition) is 9.